The molecule has 43 heavy (non-hydrogen) atoms. The van der Waals surface area contributed by atoms with Crippen LogP contribution in [0.5, 0.6) is 0 Å². The van der Waals surface area contributed by atoms with Crippen LogP contribution in [0.15, 0.2) is 46.0 Å². The van der Waals surface area contributed by atoms with E-state index in [-0.39, 0.29) is 41.3 Å². The highest BCUT2D eigenvalue weighted by Gasteiger charge is 2.50. The summed E-state index contributed by atoms with van der Waals surface area (Å²) in [4.78, 5) is 54.6. The number of ether oxygens (including phenoxy) is 2. The third kappa shape index (κ3) is 6.11. The highest BCUT2D eigenvalue weighted by Crippen LogP contribution is 2.38. The van der Waals surface area contributed by atoms with E-state index in [1.165, 1.54) is 30.6 Å². The van der Waals surface area contributed by atoms with Crippen molar-refractivity contribution in [3.8, 4) is 0 Å². The number of urea groups is 1. The van der Waals surface area contributed by atoms with E-state index >= 15 is 0 Å². The number of fused-ring (bicyclic) bond motifs is 1. The molecule has 2 fully saturated rings. The number of nitrogens with zero attached hydrogens (tertiary/aromatic N) is 5. The van der Waals surface area contributed by atoms with Crippen LogP contribution in [0, 0.1) is 11.7 Å². The Labute approximate surface area is 258 Å². The van der Waals surface area contributed by atoms with Gasteiger partial charge >= 0.3 is 18.0 Å². The van der Waals surface area contributed by atoms with Crippen molar-refractivity contribution in [3.05, 3.63) is 62.5 Å². The number of rotatable bonds is 9. The molecule has 0 bridgehead atoms. The molecule has 11 nitrogen and oxygen atoms in total. The smallest absolute Gasteiger partial charge is 0.338 e. The number of amidine groups is 1. The predicted octanol–water partition coefficient (Wildman–Crippen LogP) is 3.46. The summed E-state index contributed by atoms with van der Waals surface area (Å²) in [6, 6.07) is 2.01. The number of carbonyl (C=O) groups is 3. The van der Waals surface area contributed by atoms with Crippen LogP contribution in [0.4, 0.5) is 9.18 Å². The summed E-state index contributed by atoms with van der Waals surface area (Å²) in [5.41, 5.74) is 0.845. The van der Waals surface area contributed by atoms with E-state index in [9.17, 15) is 18.8 Å². The lowest BCUT2D eigenvalue weighted by Gasteiger charge is -2.43. The van der Waals surface area contributed by atoms with Gasteiger partial charge in [-0.2, -0.15) is 0 Å². The van der Waals surface area contributed by atoms with Crippen molar-refractivity contribution < 1.29 is 28.2 Å². The van der Waals surface area contributed by atoms with Crippen molar-refractivity contribution in [2.75, 3.05) is 46.4 Å². The van der Waals surface area contributed by atoms with Gasteiger partial charge in [-0.05, 0) is 18.9 Å². The van der Waals surface area contributed by atoms with E-state index in [1.54, 1.807) is 34.4 Å². The second kappa shape index (κ2) is 13.0. The summed E-state index contributed by atoms with van der Waals surface area (Å²) in [7, 11) is 1.32. The Bertz CT molecular complexity index is 1450. The first kappa shape index (κ1) is 30.9. The highest BCUT2D eigenvalue weighted by atomic mass is 35.5. The maximum atomic E-state index is 14.7. The molecule has 0 spiro atoms. The van der Waals surface area contributed by atoms with Crippen LogP contribution >= 0.6 is 22.9 Å². The second-order valence-corrected chi connectivity index (χ2v) is 12.2. The lowest BCUT2D eigenvalue weighted by Crippen LogP contribution is -2.62. The summed E-state index contributed by atoms with van der Waals surface area (Å²) in [6.07, 6.45) is 1.63. The zero-order valence-corrected chi connectivity index (χ0v) is 26.0. The van der Waals surface area contributed by atoms with Crippen LogP contribution in [0.25, 0.3) is 0 Å². The van der Waals surface area contributed by atoms with Crippen LogP contribution in [0.1, 0.15) is 37.4 Å². The third-order valence-corrected chi connectivity index (χ3v) is 8.81. The fourth-order valence-corrected chi connectivity index (χ4v) is 6.67. The van der Waals surface area contributed by atoms with Crippen LogP contribution in [-0.2, 0) is 19.1 Å². The van der Waals surface area contributed by atoms with Gasteiger partial charge in [0, 0.05) is 55.6 Å². The Kier molecular flexibility index (Phi) is 9.33. The van der Waals surface area contributed by atoms with Crippen molar-refractivity contribution in [1.82, 2.24) is 25.0 Å². The Hall–Kier alpha value is -3.55. The number of carbonyl (C=O) groups excluding carboxylic acids is 3. The molecule has 4 heterocycles. The summed E-state index contributed by atoms with van der Waals surface area (Å²) in [5, 5.41) is 5.45. The van der Waals surface area contributed by atoms with Gasteiger partial charge in [0.2, 0.25) is 0 Å². The van der Waals surface area contributed by atoms with Crippen LogP contribution in [0.2, 0.25) is 5.02 Å². The number of methoxy groups -OCH3 is 1. The number of nitrogens with one attached hydrogen (secondary N) is 1. The fourth-order valence-electron chi connectivity index (χ4n) is 5.85. The van der Waals surface area contributed by atoms with Gasteiger partial charge in [0.1, 0.15) is 17.9 Å². The topological polar surface area (TPSA) is 117 Å². The molecular weight excluding hydrogens is 599 g/mol. The van der Waals surface area contributed by atoms with Crippen molar-refractivity contribution >= 4 is 46.7 Å². The fraction of sp³-hybridized carbons (Fsp3) is 0.483. The Morgan fingerprint density at radius 3 is 2.74 bits per heavy atom. The Morgan fingerprint density at radius 1 is 1.28 bits per heavy atom. The molecule has 5 rings (SSSR count). The molecule has 230 valence electrons. The number of hydrogen-bond donors (Lipinski definition) is 1. The Balaban J connectivity index is 1.58. The van der Waals surface area contributed by atoms with Crippen molar-refractivity contribution in [2.45, 2.75) is 38.9 Å². The van der Waals surface area contributed by atoms with E-state index in [2.05, 4.69) is 10.3 Å². The van der Waals surface area contributed by atoms with Gasteiger partial charge in [-0.15, -0.1) is 11.3 Å². The van der Waals surface area contributed by atoms with Crippen molar-refractivity contribution in [3.63, 3.8) is 0 Å². The number of benzene rings is 1. The number of aliphatic imine (C=N–C) groups is 1. The largest absolute Gasteiger partial charge is 0.468 e. The Morgan fingerprint density at radius 2 is 2.07 bits per heavy atom. The molecule has 2 amide bonds. The number of esters is 2. The molecule has 0 saturated carbocycles. The van der Waals surface area contributed by atoms with Crippen LogP contribution < -0.4 is 5.32 Å². The minimum atomic E-state index is -1.01. The first-order valence-corrected chi connectivity index (χ1v) is 15.4. The predicted molar refractivity (Wildman–Crippen MR) is 159 cm³/mol. The van der Waals surface area contributed by atoms with E-state index in [0.717, 1.165) is 0 Å². The number of halogens is 2. The molecule has 2 aromatic rings. The molecule has 1 N–H and O–H groups in total. The lowest BCUT2D eigenvalue weighted by atomic mass is 9.94. The molecule has 2 saturated heterocycles. The van der Waals surface area contributed by atoms with Gasteiger partial charge < -0.3 is 24.6 Å². The minimum absolute atomic E-state index is 0.0878. The molecule has 3 atom stereocenters. The molecule has 0 aliphatic carbocycles. The van der Waals surface area contributed by atoms with Gasteiger partial charge in [0.15, 0.2) is 10.8 Å². The second-order valence-electron chi connectivity index (χ2n) is 10.9. The molecular formula is C29H34ClFN6O5S. The minimum Gasteiger partial charge on any atom is -0.468 e. The van der Waals surface area contributed by atoms with E-state index in [0.29, 0.717) is 42.7 Å². The number of amides is 2. The highest BCUT2D eigenvalue weighted by molar-refractivity contribution is 7.11. The molecule has 1 aromatic carbocycles. The van der Waals surface area contributed by atoms with E-state index in [4.69, 9.17) is 26.1 Å². The maximum Gasteiger partial charge on any atom is 0.338 e. The zero-order valence-electron chi connectivity index (χ0n) is 24.4. The molecule has 3 aliphatic rings. The normalized spacial score (nSPS) is 22.4. The standard InChI is InChI=1S/C29H34ClFN6O5S/c1-5-42-27(38)21-19(33-25(26-32-9-12-43-26)34-23(21)17-7-6-8-18(31)22(17)30)14-35-10-11-37-20(24(35)28(39)41-4)15-36(29(37)40)13-16(2)3/h6-9,12,16,20,23-24H,5,10-11,13-15H2,1-4H3,(H,33,34)/t20-,23+,24+/m1/s1. The molecule has 0 unspecified atom stereocenters. The van der Waals surface area contributed by atoms with Crippen molar-refractivity contribution in [1.29, 1.82) is 0 Å². The van der Waals surface area contributed by atoms with Gasteiger partial charge in [0.25, 0.3) is 0 Å². The quantitative estimate of drug-likeness (QED) is 0.418. The number of aromatic nitrogens is 1. The van der Waals surface area contributed by atoms with Gasteiger partial charge in [-0.25, -0.2) is 19.0 Å². The summed E-state index contributed by atoms with van der Waals surface area (Å²) >= 11 is 7.77. The number of hydrogen-bond acceptors (Lipinski definition) is 10. The molecule has 14 heteroatoms. The monoisotopic (exact) mass is 632 g/mol. The van der Waals surface area contributed by atoms with E-state index in [1.807, 2.05) is 18.7 Å². The molecule has 3 aliphatic heterocycles. The van der Waals surface area contributed by atoms with Crippen LogP contribution in [0.3, 0.4) is 0 Å². The van der Waals surface area contributed by atoms with E-state index < -0.39 is 35.9 Å². The average Bonchev–Trinajstić information content (AvgIpc) is 3.62. The first-order valence-electron chi connectivity index (χ1n) is 14.1. The number of piperazine rings is 1. The first-order chi connectivity index (χ1) is 20.6. The lowest BCUT2D eigenvalue weighted by molar-refractivity contribution is -0.150. The van der Waals surface area contributed by atoms with Gasteiger partial charge in [-0.1, -0.05) is 37.6 Å². The summed E-state index contributed by atoms with van der Waals surface area (Å²) < 4.78 is 25.3. The van der Waals surface area contributed by atoms with Gasteiger partial charge in [0.05, 0.1) is 30.4 Å². The summed E-state index contributed by atoms with van der Waals surface area (Å²) in [6.45, 7) is 7.63. The SMILES string of the molecule is CCOC(=O)C1=C(CN2CCN3C(=O)N(CC(C)C)C[C@@H]3[C@H]2C(=O)OC)NC(c2nccs2)=N[C@H]1c1cccc(F)c1Cl. The number of thiazole rings is 1. The average molecular weight is 633 g/mol. The van der Waals surface area contributed by atoms with Crippen LogP contribution in [-0.4, -0.2) is 102 Å². The van der Waals surface area contributed by atoms with Crippen molar-refractivity contribution in [2.24, 2.45) is 10.9 Å². The molecule has 0 radical (unpaired) electrons. The molecule has 1 aromatic heterocycles. The van der Waals surface area contributed by atoms with Gasteiger partial charge in [-0.3, -0.25) is 14.7 Å². The zero-order chi connectivity index (χ0) is 30.8. The summed E-state index contributed by atoms with van der Waals surface area (Å²) in [5.74, 6) is -1.15. The maximum absolute atomic E-state index is 14.7. The third-order valence-electron chi connectivity index (χ3n) is 7.63.